The molecular formula is C13H10N6O. The van der Waals surface area contributed by atoms with Gasteiger partial charge in [0, 0.05) is 11.6 Å². The Morgan fingerprint density at radius 1 is 1.30 bits per heavy atom. The monoisotopic (exact) mass is 266 g/mol. The predicted molar refractivity (Wildman–Crippen MR) is 72.4 cm³/mol. The summed E-state index contributed by atoms with van der Waals surface area (Å²) >= 11 is 0. The Kier molecular flexibility index (Phi) is 2.19. The van der Waals surface area contributed by atoms with E-state index in [9.17, 15) is 0 Å². The number of hydrogen-bond donors (Lipinski definition) is 1. The number of nitrogens with one attached hydrogen (secondary N) is 1. The van der Waals surface area contributed by atoms with Crippen LogP contribution in [0.1, 0.15) is 0 Å². The third-order valence-corrected chi connectivity index (χ3v) is 3.14. The fraction of sp³-hybridized carbons (Fsp3) is 0.0769. The maximum absolute atomic E-state index is 5.32. The Bertz CT molecular complexity index is 896. The summed E-state index contributed by atoms with van der Waals surface area (Å²) in [6.45, 7) is 0. The molecule has 20 heavy (non-hydrogen) atoms. The van der Waals surface area contributed by atoms with E-state index in [4.69, 9.17) is 4.74 Å². The number of rotatable bonds is 2. The van der Waals surface area contributed by atoms with E-state index < -0.39 is 0 Å². The predicted octanol–water partition coefficient (Wildman–Crippen LogP) is 1.68. The van der Waals surface area contributed by atoms with Gasteiger partial charge >= 0.3 is 0 Å². The minimum Gasteiger partial charge on any atom is -0.494 e. The lowest BCUT2D eigenvalue weighted by atomic mass is 10.2. The molecule has 1 N–H and O–H groups in total. The number of fused-ring (bicyclic) bond motifs is 3. The average Bonchev–Trinajstić information content (AvgIpc) is 3.14. The van der Waals surface area contributed by atoms with Gasteiger partial charge in [-0.05, 0) is 12.1 Å². The van der Waals surface area contributed by atoms with Gasteiger partial charge in [-0.1, -0.05) is 6.07 Å². The quantitative estimate of drug-likeness (QED) is 0.597. The molecule has 4 aromatic rings. The Morgan fingerprint density at radius 2 is 2.25 bits per heavy atom. The normalized spacial score (nSPS) is 11.2. The summed E-state index contributed by atoms with van der Waals surface area (Å²) in [6.07, 6.45) is 5.08. The molecule has 0 spiro atoms. The fourth-order valence-corrected chi connectivity index (χ4v) is 2.20. The van der Waals surface area contributed by atoms with Gasteiger partial charge in [-0.3, -0.25) is 5.10 Å². The number of H-pyrrole nitrogens is 1. The van der Waals surface area contributed by atoms with Crippen LogP contribution >= 0.6 is 0 Å². The molecule has 0 aliphatic rings. The summed E-state index contributed by atoms with van der Waals surface area (Å²) in [6, 6.07) is 5.74. The van der Waals surface area contributed by atoms with Crippen LogP contribution in [-0.4, -0.2) is 36.9 Å². The van der Waals surface area contributed by atoms with Crippen LogP contribution < -0.4 is 4.74 Å². The Hall–Kier alpha value is -2.96. The van der Waals surface area contributed by atoms with Crippen LogP contribution in [0.25, 0.3) is 27.9 Å². The zero-order chi connectivity index (χ0) is 13.5. The van der Waals surface area contributed by atoms with Crippen molar-refractivity contribution in [3.05, 3.63) is 36.9 Å². The second-order valence-corrected chi connectivity index (χ2v) is 4.29. The number of ether oxygens (including phenoxy) is 1. The first-order valence-corrected chi connectivity index (χ1v) is 6.04. The minimum atomic E-state index is 0.607. The van der Waals surface area contributed by atoms with Crippen molar-refractivity contribution in [1.82, 2.24) is 29.8 Å². The lowest BCUT2D eigenvalue weighted by molar-refractivity contribution is 0.419. The van der Waals surface area contributed by atoms with E-state index >= 15 is 0 Å². The summed E-state index contributed by atoms with van der Waals surface area (Å²) in [7, 11) is 1.63. The zero-order valence-corrected chi connectivity index (χ0v) is 10.6. The number of hydrogen-bond acceptors (Lipinski definition) is 5. The topological polar surface area (TPSA) is 81.0 Å². The molecule has 0 bridgehead atoms. The zero-order valence-electron chi connectivity index (χ0n) is 10.6. The van der Waals surface area contributed by atoms with E-state index in [1.807, 2.05) is 18.2 Å². The van der Waals surface area contributed by atoms with E-state index in [0.717, 1.165) is 27.9 Å². The van der Waals surface area contributed by atoms with Gasteiger partial charge in [-0.2, -0.15) is 5.10 Å². The van der Waals surface area contributed by atoms with Crippen LogP contribution in [-0.2, 0) is 0 Å². The molecule has 3 heterocycles. The van der Waals surface area contributed by atoms with Crippen LogP contribution in [0.4, 0.5) is 0 Å². The summed E-state index contributed by atoms with van der Waals surface area (Å²) in [4.78, 5) is 8.94. The molecule has 0 aliphatic heterocycles. The van der Waals surface area contributed by atoms with Crippen molar-refractivity contribution in [3.8, 4) is 17.1 Å². The number of methoxy groups -OCH3 is 1. The largest absolute Gasteiger partial charge is 0.494 e. The van der Waals surface area contributed by atoms with Crippen molar-refractivity contribution in [2.45, 2.75) is 0 Å². The Balaban J connectivity index is 2.05. The SMILES string of the molecule is COc1cccc2c1ncn1nc(-c3cn[nH]c3)nc21. The molecule has 0 radical (unpaired) electrons. The van der Waals surface area contributed by atoms with E-state index in [0.29, 0.717) is 5.82 Å². The number of nitrogens with zero attached hydrogens (tertiary/aromatic N) is 5. The van der Waals surface area contributed by atoms with Gasteiger partial charge in [0.25, 0.3) is 0 Å². The third-order valence-electron chi connectivity index (χ3n) is 3.14. The van der Waals surface area contributed by atoms with E-state index in [2.05, 4.69) is 25.3 Å². The minimum absolute atomic E-state index is 0.607. The van der Waals surface area contributed by atoms with Crippen LogP contribution in [0.5, 0.6) is 5.75 Å². The summed E-state index contributed by atoms with van der Waals surface area (Å²) in [5.41, 5.74) is 2.35. The molecular weight excluding hydrogens is 256 g/mol. The van der Waals surface area contributed by atoms with Gasteiger partial charge < -0.3 is 4.74 Å². The van der Waals surface area contributed by atoms with Crippen LogP contribution in [0, 0.1) is 0 Å². The van der Waals surface area contributed by atoms with Crippen LogP contribution in [0.3, 0.4) is 0 Å². The van der Waals surface area contributed by atoms with Crippen LogP contribution in [0.15, 0.2) is 36.9 Å². The van der Waals surface area contributed by atoms with E-state index in [1.165, 1.54) is 0 Å². The maximum atomic E-state index is 5.32. The highest BCUT2D eigenvalue weighted by Crippen LogP contribution is 2.26. The summed E-state index contributed by atoms with van der Waals surface area (Å²) in [5, 5.41) is 12.0. The number of benzene rings is 1. The van der Waals surface area contributed by atoms with Gasteiger partial charge in [0.1, 0.15) is 17.6 Å². The van der Waals surface area contributed by atoms with Crippen molar-refractivity contribution < 1.29 is 4.74 Å². The molecule has 0 saturated carbocycles. The number of para-hydroxylation sites is 1. The standard InChI is InChI=1S/C13H10N6O/c1-20-10-4-2-3-9-11(10)14-7-19-13(9)17-12(18-19)8-5-15-16-6-8/h2-7H,1H3,(H,15,16). The molecule has 3 aromatic heterocycles. The lowest BCUT2D eigenvalue weighted by Crippen LogP contribution is -1.93. The highest BCUT2D eigenvalue weighted by Gasteiger charge is 2.12. The third kappa shape index (κ3) is 1.46. The molecule has 0 unspecified atom stereocenters. The van der Waals surface area contributed by atoms with Crippen molar-refractivity contribution in [2.75, 3.05) is 7.11 Å². The van der Waals surface area contributed by atoms with Gasteiger partial charge in [0.05, 0.1) is 18.9 Å². The number of aromatic amines is 1. The smallest absolute Gasteiger partial charge is 0.185 e. The summed E-state index contributed by atoms with van der Waals surface area (Å²) < 4.78 is 6.98. The molecule has 7 heteroatoms. The van der Waals surface area contributed by atoms with Crippen LogP contribution in [0.2, 0.25) is 0 Å². The molecule has 0 amide bonds. The van der Waals surface area contributed by atoms with Crippen molar-refractivity contribution in [3.63, 3.8) is 0 Å². The van der Waals surface area contributed by atoms with Crippen molar-refractivity contribution >= 4 is 16.6 Å². The molecule has 4 rings (SSSR count). The summed E-state index contributed by atoms with van der Waals surface area (Å²) in [5.74, 6) is 1.33. The average molecular weight is 266 g/mol. The molecule has 0 aliphatic carbocycles. The first-order chi connectivity index (χ1) is 9.86. The number of aromatic nitrogens is 6. The fourth-order valence-electron chi connectivity index (χ4n) is 2.20. The van der Waals surface area contributed by atoms with Crippen molar-refractivity contribution in [2.24, 2.45) is 0 Å². The highest BCUT2D eigenvalue weighted by atomic mass is 16.5. The lowest BCUT2D eigenvalue weighted by Gasteiger charge is -2.03. The molecule has 7 nitrogen and oxygen atoms in total. The van der Waals surface area contributed by atoms with Gasteiger partial charge in [-0.15, -0.1) is 5.10 Å². The van der Waals surface area contributed by atoms with Gasteiger partial charge in [0.15, 0.2) is 11.5 Å². The van der Waals surface area contributed by atoms with E-state index in [1.54, 1.807) is 30.3 Å². The first kappa shape index (κ1) is 10.9. The highest BCUT2D eigenvalue weighted by molar-refractivity contribution is 5.95. The molecule has 0 saturated heterocycles. The van der Waals surface area contributed by atoms with Crippen molar-refractivity contribution in [1.29, 1.82) is 0 Å². The Morgan fingerprint density at radius 3 is 3.05 bits per heavy atom. The molecule has 0 fully saturated rings. The second kappa shape index (κ2) is 4.02. The second-order valence-electron chi connectivity index (χ2n) is 4.29. The van der Waals surface area contributed by atoms with E-state index in [-0.39, 0.29) is 0 Å². The maximum Gasteiger partial charge on any atom is 0.185 e. The van der Waals surface area contributed by atoms with Gasteiger partial charge in [0.2, 0.25) is 0 Å². The molecule has 0 atom stereocenters. The molecule has 1 aromatic carbocycles. The Labute approximate surface area is 113 Å². The first-order valence-electron chi connectivity index (χ1n) is 6.04. The molecule has 98 valence electrons. The van der Waals surface area contributed by atoms with Gasteiger partial charge in [-0.25, -0.2) is 14.5 Å².